The van der Waals surface area contributed by atoms with E-state index in [-0.39, 0.29) is 11.6 Å². The van der Waals surface area contributed by atoms with Crippen molar-refractivity contribution in [2.75, 3.05) is 31.1 Å². The first-order valence-electron chi connectivity index (χ1n) is 13.4. The summed E-state index contributed by atoms with van der Waals surface area (Å²) in [6.45, 7) is 26.0. The largest absolute Gasteiger partial charge is 0.444 e. The van der Waals surface area contributed by atoms with Gasteiger partial charge in [0.2, 0.25) is 5.69 Å². The van der Waals surface area contributed by atoms with Gasteiger partial charge in [-0.25, -0.2) is 19.6 Å². The summed E-state index contributed by atoms with van der Waals surface area (Å²) in [4.78, 5) is 30.5. The molecule has 9 nitrogen and oxygen atoms in total. The number of rotatable bonds is 6. The molecule has 202 valence electrons. The lowest BCUT2D eigenvalue weighted by Gasteiger charge is -2.45. The highest BCUT2D eigenvalue weighted by Crippen LogP contribution is 2.42. The van der Waals surface area contributed by atoms with Crippen LogP contribution in [-0.4, -0.2) is 71.0 Å². The molecular weight excluding hydrogens is 484 g/mol. The molecule has 0 radical (unpaired) electrons. The van der Waals surface area contributed by atoms with Gasteiger partial charge in [-0.05, 0) is 52.0 Å². The molecule has 0 aliphatic carbocycles. The van der Waals surface area contributed by atoms with Crippen LogP contribution in [0.3, 0.4) is 0 Å². The standard InChI is InChI=1S/C27H42N6O3Si/c1-20-15-27(33(17-20)25(34)36-26(2,3)4)9-11-31(12-10-27)22-16-29-24-23(30-22)21(28-5)18-32(24)19-35-13-14-37(6,7)8/h16,18,20H,9-15,17,19H2,1-4,6-8H3. The van der Waals surface area contributed by atoms with Gasteiger partial charge in [0.15, 0.2) is 0 Å². The lowest BCUT2D eigenvalue weighted by atomic mass is 9.83. The summed E-state index contributed by atoms with van der Waals surface area (Å²) in [5.41, 5.74) is 1.11. The van der Waals surface area contributed by atoms with Crippen molar-refractivity contribution in [1.29, 1.82) is 0 Å². The zero-order valence-electron chi connectivity index (χ0n) is 23.5. The number of amides is 1. The Morgan fingerprint density at radius 1 is 1.27 bits per heavy atom. The molecule has 0 bridgehead atoms. The minimum atomic E-state index is -1.16. The molecule has 0 N–H and O–H groups in total. The van der Waals surface area contributed by atoms with Crippen LogP contribution < -0.4 is 4.90 Å². The Hall–Kier alpha value is -2.64. The van der Waals surface area contributed by atoms with Gasteiger partial charge in [-0.3, -0.25) is 0 Å². The monoisotopic (exact) mass is 526 g/mol. The average Bonchev–Trinajstić information content (AvgIpc) is 3.32. The molecule has 1 atom stereocenters. The molecule has 1 spiro atoms. The van der Waals surface area contributed by atoms with Crippen LogP contribution in [0.1, 0.15) is 47.0 Å². The van der Waals surface area contributed by atoms with E-state index in [0.717, 1.165) is 50.8 Å². The maximum atomic E-state index is 13.0. The van der Waals surface area contributed by atoms with Crippen LogP contribution >= 0.6 is 0 Å². The lowest BCUT2D eigenvalue weighted by molar-refractivity contribution is 0.00307. The summed E-state index contributed by atoms with van der Waals surface area (Å²) in [5, 5.41) is 0. The van der Waals surface area contributed by atoms with Crippen molar-refractivity contribution in [3.05, 3.63) is 23.8 Å². The van der Waals surface area contributed by atoms with Gasteiger partial charge in [-0.2, -0.15) is 0 Å². The number of aromatic nitrogens is 3. The van der Waals surface area contributed by atoms with Crippen LogP contribution in [0.2, 0.25) is 25.7 Å². The van der Waals surface area contributed by atoms with E-state index in [1.807, 2.05) is 30.2 Å². The maximum absolute atomic E-state index is 13.0. The Balaban J connectivity index is 1.46. The number of likely N-dealkylation sites (tertiary alicyclic amines) is 1. The number of nitrogens with zero attached hydrogens (tertiary/aromatic N) is 6. The van der Waals surface area contributed by atoms with Crippen LogP contribution in [-0.2, 0) is 16.2 Å². The molecule has 2 fully saturated rings. The second-order valence-electron chi connectivity index (χ2n) is 13.0. The summed E-state index contributed by atoms with van der Waals surface area (Å²) in [5.74, 6) is 1.23. The molecule has 2 aromatic heterocycles. The van der Waals surface area contributed by atoms with E-state index >= 15 is 0 Å². The Morgan fingerprint density at radius 3 is 2.59 bits per heavy atom. The van der Waals surface area contributed by atoms with Gasteiger partial charge in [-0.15, -0.1) is 0 Å². The number of anilines is 1. The van der Waals surface area contributed by atoms with Crippen LogP contribution in [0.5, 0.6) is 0 Å². The zero-order valence-corrected chi connectivity index (χ0v) is 24.5. The number of piperidine rings is 1. The second kappa shape index (κ2) is 10.3. The molecule has 2 aromatic rings. The fourth-order valence-corrected chi connectivity index (χ4v) is 6.20. The van der Waals surface area contributed by atoms with Crippen LogP contribution in [0.25, 0.3) is 16.0 Å². The molecule has 4 heterocycles. The van der Waals surface area contributed by atoms with E-state index in [1.54, 1.807) is 12.4 Å². The van der Waals surface area contributed by atoms with Gasteiger partial charge < -0.3 is 23.8 Å². The highest BCUT2D eigenvalue weighted by Gasteiger charge is 2.49. The van der Waals surface area contributed by atoms with Crippen molar-refractivity contribution in [1.82, 2.24) is 19.4 Å². The summed E-state index contributed by atoms with van der Waals surface area (Å²) < 4.78 is 13.5. The quantitative estimate of drug-likeness (QED) is 0.265. The number of hydrogen-bond donors (Lipinski definition) is 0. The third kappa shape index (κ3) is 6.26. The second-order valence-corrected chi connectivity index (χ2v) is 18.6. The van der Waals surface area contributed by atoms with Crippen LogP contribution in [0.15, 0.2) is 12.4 Å². The van der Waals surface area contributed by atoms with E-state index < -0.39 is 13.7 Å². The van der Waals surface area contributed by atoms with Crippen molar-refractivity contribution in [3.63, 3.8) is 0 Å². The molecule has 2 aliphatic rings. The zero-order chi connectivity index (χ0) is 27.0. The van der Waals surface area contributed by atoms with Gasteiger partial charge in [0.05, 0.1) is 12.8 Å². The molecule has 1 amide bonds. The van der Waals surface area contributed by atoms with Gasteiger partial charge in [0.25, 0.3) is 0 Å². The minimum Gasteiger partial charge on any atom is -0.444 e. The first-order valence-corrected chi connectivity index (χ1v) is 17.1. The van der Waals surface area contributed by atoms with Gasteiger partial charge in [-0.1, -0.05) is 26.6 Å². The van der Waals surface area contributed by atoms with E-state index in [2.05, 4.69) is 36.3 Å². The molecule has 37 heavy (non-hydrogen) atoms. The van der Waals surface area contributed by atoms with E-state index in [0.29, 0.717) is 36.1 Å². The van der Waals surface area contributed by atoms with Crippen molar-refractivity contribution in [3.8, 4) is 0 Å². The first kappa shape index (κ1) is 27.4. The number of ether oxygens (including phenoxy) is 2. The Kier molecular flexibility index (Phi) is 7.59. The van der Waals surface area contributed by atoms with Gasteiger partial charge in [0.1, 0.15) is 29.3 Å². The Morgan fingerprint density at radius 2 is 1.97 bits per heavy atom. The normalized spacial score (nSPS) is 20.0. The molecule has 1 unspecified atom stereocenters. The maximum Gasteiger partial charge on any atom is 0.410 e. The first-order chi connectivity index (χ1) is 17.3. The van der Waals surface area contributed by atoms with Crippen molar-refractivity contribution >= 4 is 36.8 Å². The number of fused-ring (bicyclic) bond motifs is 1. The fraction of sp³-hybridized carbons (Fsp3) is 0.704. The highest BCUT2D eigenvalue weighted by atomic mass is 28.3. The topological polar surface area (TPSA) is 77.1 Å². The smallest absolute Gasteiger partial charge is 0.410 e. The summed E-state index contributed by atoms with van der Waals surface area (Å²) in [6.07, 6.45) is 6.10. The van der Waals surface area contributed by atoms with Crippen molar-refractivity contribution in [2.24, 2.45) is 5.92 Å². The van der Waals surface area contributed by atoms with Crippen molar-refractivity contribution in [2.45, 2.75) is 90.5 Å². The highest BCUT2D eigenvalue weighted by molar-refractivity contribution is 6.76. The molecule has 4 rings (SSSR count). The van der Waals surface area contributed by atoms with Crippen LogP contribution in [0, 0.1) is 12.5 Å². The fourth-order valence-electron chi connectivity index (χ4n) is 5.44. The SMILES string of the molecule is [C-]#[N+]c1cn(COCC[Si](C)(C)C)c2ncc(N3CCC4(CC3)CC(C)CN4C(=O)OC(C)(C)C)nc12. The third-order valence-electron chi connectivity index (χ3n) is 7.31. The number of hydrogen-bond acceptors (Lipinski definition) is 6. The minimum absolute atomic E-state index is 0.173. The average molecular weight is 527 g/mol. The molecule has 0 aromatic carbocycles. The number of carbonyl (C=O) groups excluding carboxylic acids is 1. The van der Waals surface area contributed by atoms with Crippen LogP contribution in [0.4, 0.5) is 16.3 Å². The molecular formula is C27H42N6O3Si. The third-order valence-corrected chi connectivity index (χ3v) is 9.01. The summed E-state index contributed by atoms with van der Waals surface area (Å²) in [6, 6.07) is 1.10. The van der Waals surface area contributed by atoms with Gasteiger partial charge >= 0.3 is 6.09 Å². The lowest BCUT2D eigenvalue weighted by Crippen LogP contribution is -2.55. The predicted octanol–water partition coefficient (Wildman–Crippen LogP) is 5.91. The molecule has 2 aliphatic heterocycles. The molecule has 10 heteroatoms. The molecule has 0 saturated carbocycles. The van der Waals surface area contributed by atoms with Gasteiger partial charge in [0, 0.05) is 46.1 Å². The Bertz CT molecular complexity index is 1170. The van der Waals surface area contributed by atoms with E-state index in [9.17, 15) is 4.79 Å². The number of carbonyl (C=O) groups is 1. The summed E-state index contributed by atoms with van der Waals surface area (Å²) in [7, 11) is -1.16. The van der Waals surface area contributed by atoms with E-state index in [1.165, 1.54) is 0 Å². The predicted molar refractivity (Wildman–Crippen MR) is 149 cm³/mol. The summed E-state index contributed by atoms with van der Waals surface area (Å²) >= 11 is 0. The van der Waals surface area contributed by atoms with E-state index in [4.69, 9.17) is 26.0 Å². The Labute approximate surface area is 222 Å². The van der Waals surface area contributed by atoms with Crippen molar-refractivity contribution < 1.29 is 14.3 Å². The molecule has 2 saturated heterocycles.